The van der Waals surface area contributed by atoms with Crippen molar-refractivity contribution in [2.24, 2.45) is 0 Å². The number of hydrogen-bond donors (Lipinski definition) is 1. The predicted molar refractivity (Wildman–Crippen MR) is 80.9 cm³/mol. The van der Waals surface area contributed by atoms with Crippen molar-refractivity contribution in [3.63, 3.8) is 0 Å². The van der Waals surface area contributed by atoms with Crippen LogP contribution in [0.1, 0.15) is 20.8 Å². The molecular weight excluding hydrogens is 270 g/mol. The third-order valence-electron chi connectivity index (χ3n) is 3.02. The molecule has 0 aliphatic heterocycles. The molecule has 0 bridgehead atoms. The Morgan fingerprint density at radius 3 is 2.55 bits per heavy atom. The number of benzene rings is 1. The van der Waals surface area contributed by atoms with Gasteiger partial charge in [-0.05, 0) is 45.1 Å². The van der Waals surface area contributed by atoms with Gasteiger partial charge in [-0.15, -0.1) is 0 Å². The second kappa shape index (κ2) is 4.49. The van der Waals surface area contributed by atoms with Gasteiger partial charge in [0, 0.05) is 5.54 Å². The van der Waals surface area contributed by atoms with E-state index in [4.69, 9.17) is 12.2 Å². The van der Waals surface area contributed by atoms with Crippen molar-refractivity contribution in [1.82, 2.24) is 24.7 Å². The van der Waals surface area contributed by atoms with E-state index in [1.807, 2.05) is 28.8 Å². The number of nitrogens with zero attached hydrogens (tertiary/aromatic N) is 4. The Balaban J connectivity index is 2.24. The van der Waals surface area contributed by atoms with Crippen molar-refractivity contribution >= 4 is 23.3 Å². The zero-order chi connectivity index (χ0) is 14.3. The molecule has 102 valence electrons. The Hall–Kier alpha value is -2.08. The first-order chi connectivity index (χ1) is 9.47. The van der Waals surface area contributed by atoms with Gasteiger partial charge in [-0.25, -0.2) is 4.98 Å². The summed E-state index contributed by atoms with van der Waals surface area (Å²) in [4.78, 5) is 9.05. The van der Waals surface area contributed by atoms with E-state index in [-0.39, 0.29) is 5.54 Å². The quantitative estimate of drug-likeness (QED) is 0.697. The van der Waals surface area contributed by atoms with Crippen molar-refractivity contribution in [2.45, 2.75) is 26.3 Å². The van der Waals surface area contributed by atoms with Crippen LogP contribution in [0.25, 0.3) is 22.6 Å². The van der Waals surface area contributed by atoms with Crippen molar-refractivity contribution in [3.8, 4) is 11.5 Å². The van der Waals surface area contributed by atoms with Crippen molar-refractivity contribution in [3.05, 3.63) is 35.2 Å². The number of aromatic amines is 1. The molecule has 0 aliphatic rings. The van der Waals surface area contributed by atoms with Gasteiger partial charge in [0.2, 0.25) is 0 Å². The fraction of sp³-hybridized carbons (Fsp3) is 0.286. The van der Waals surface area contributed by atoms with Crippen LogP contribution in [0.4, 0.5) is 0 Å². The molecule has 1 N–H and O–H groups in total. The van der Waals surface area contributed by atoms with Crippen LogP contribution in [-0.2, 0) is 5.54 Å². The first kappa shape index (κ1) is 12.9. The van der Waals surface area contributed by atoms with Crippen molar-refractivity contribution < 1.29 is 0 Å². The summed E-state index contributed by atoms with van der Waals surface area (Å²) in [5.74, 6) is 0.709. The molecule has 20 heavy (non-hydrogen) atoms. The number of aromatic nitrogens is 5. The molecule has 3 rings (SSSR count). The molecule has 0 radical (unpaired) electrons. The topological polar surface area (TPSA) is 59.4 Å². The summed E-state index contributed by atoms with van der Waals surface area (Å²) in [5.41, 5.74) is 2.25. The second-order valence-electron chi connectivity index (χ2n) is 5.60. The van der Waals surface area contributed by atoms with Gasteiger partial charge in [0.25, 0.3) is 0 Å². The highest BCUT2D eigenvalue weighted by Gasteiger charge is 2.21. The highest BCUT2D eigenvalue weighted by molar-refractivity contribution is 7.71. The van der Waals surface area contributed by atoms with E-state index in [1.54, 1.807) is 6.20 Å². The molecule has 0 saturated carbocycles. The number of para-hydroxylation sites is 2. The molecule has 1 aromatic carbocycles. The molecule has 5 nitrogen and oxygen atoms in total. The maximum atomic E-state index is 5.31. The Labute approximate surface area is 121 Å². The minimum atomic E-state index is -0.174. The van der Waals surface area contributed by atoms with Gasteiger partial charge >= 0.3 is 0 Å². The largest absolute Gasteiger partial charge is 0.293 e. The number of nitrogens with one attached hydrogen (secondary N) is 1. The molecule has 0 amide bonds. The summed E-state index contributed by atoms with van der Waals surface area (Å²) in [6, 6.07) is 7.77. The highest BCUT2D eigenvalue weighted by Crippen LogP contribution is 2.24. The zero-order valence-corrected chi connectivity index (χ0v) is 12.4. The first-order valence-corrected chi connectivity index (χ1v) is 6.78. The third-order valence-corrected chi connectivity index (χ3v) is 3.29. The molecule has 6 heteroatoms. The molecule has 0 aliphatic carbocycles. The summed E-state index contributed by atoms with van der Waals surface area (Å²) >= 11 is 5.31. The van der Waals surface area contributed by atoms with E-state index >= 15 is 0 Å². The van der Waals surface area contributed by atoms with Gasteiger partial charge in [-0.2, -0.15) is 5.10 Å². The molecule has 0 fully saturated rings. The van der Waals surface area contributed by atoms with Crippen LogP contribution in [0, 0.1) is 4.77 Å². The Morgan fingerprint density at radius 1 is 1.15 bits per heavy atom. The van der Waals surface area contributed by atoms with Gasteiger partial charge in [0.1, 0.15) is 5.69 Å². The van der Waals surface area contributed by atoms with Gasteiger partial charge in [0.15, 0.2) is 10.6 Å². The molecule has 0 spiro atoms. The van der Waals surface area contributed by atoms with Crippen LogP contribution in [0.3, 0.4) is 0 Å². The molecule has 2 aromatic heterocycles. The first-order valence-electron chi connectivity index (χ1n) is 6.37. The van der Waals surface area contributed by atoms with Crippen LogP contribution in [0.5, 0.6) is 0 Å². The predicted octanol–water partition coefficient (Wildman–Crippen LogP) is 3.31. The second-order valence-corrected chi connectivity index (χ2v) is 5.99. The summed E-state index contributed by atoms with van der Waals surface area (Å²) in [7, 11) is 0. The number of fused-ring (bicyclic) bond motifs is 1. The lowest BCUT2D eigenvalue weighted by atomic mass is 10.1. The summed E-state index contributed by atoms with van der Waals surface area (Å²) in [6.45, 7) is 6.24. The molecule has 3 aromatic rings. The van der Waals surface area contributed by atoms with Crippen LogP contribution in [0.2, 0.25) is 0 Å². The Kier molecular flexibility index (Phi) is 2.90. The minimum Gasteiger partial charge on any atom is -0.293 e. The number of rotatable bonds is 1. The molecule has 0 saturated heterocycles. The molecule has 2 heterocycles. The zero-order valence-electron chi connectivity index (χ0n) is 11.6. The van der Waals surface area contributed by atoms with Crippen molar-refractivity contribution in [2.75, 3.05) is 0 Å². The van der Waals surface area contributed by atoms with E-state index in [0.717, 1.165) is 11.0 Å². The highest BCUT2D eigenvalue weighted by atomic mass is 32.1. The fourth-order valence-electron chi connectivity index (χ4n) is 2.16. The lowest BCUT2D eigenvalue weighted by Crippen LogP contribution is -2.23. The van der Waals surface area contributed by atoms with Crippen molar-refractivity contribution in [1.29, 1.82) is 0 Å². The minimum absolute atomic E-state index is 0.174. The lowest BCUT2D eigenvalue weighted by Gasteiger charge is -2.22. The van der Waals surface area contributed by atoms with E-state index in [2.05, 4.69) is 40.9 Å². The summed E-state index contributed by atoms with van der Waals surface area (Å²) in [5, 5.41) is 7.14. The van der Waals surface area contributed by atoms with Gasteiger partial charge < -0.3 is 0 Å². The average Bonchev–Trinajstić information content (AvgIpc) is 2.80. The maximum absolute atomic E-state index is 5.31. The van der Waals surface area contributed by atoms with Crippen LogP contribution >= 0.6 is 12.2 Å². The number of hydrogen-bond acceptors (Lipinski definition) is 4. The summed E-state index contributed by atoms with van der Waals surface area (Å²) in [6.07, 6.45) is 1.73. The standard InChI is InChI=1S/C14H15N5S/c1-14(2,3)19-12(17-18-13(19)20)11-8-15-9-6-4-5-7-10(9)16-11/h4-8H,1-3H3,(H,18,20). The smallest absolute Gasteiger partial charge is 0.195 e. The van der Waals surface area contributed by atoms with Crippen LogP contribution in [-0.4, -0.2) is 24.7 Å². The lowest BCUT2D eigenvalue weighted by molar-refractivity contribution is 0.395. The van der Waals surface area contributed by atoms with E-state index in [9.17, 15) is 0 Å². The Morgan fingerprint density at radius 2 is 1.85 bits per heavy atom. The van der Waals surface area contributed by atoms with Gasteiger partial charge in [-0.3, -0.25) is 14.6 Å². The summed E-state index contributed by atoms with van der Waals surface area (Å²) < 4.78 is 2.55. The monoisotopic (exact) mass is 285 g/mol. The van der Waals surface area contributed by atoms with Gasteiger partial charge in [-0.1, -0.05) is 12.1 Å². The van der Waals surface area contributed by atoms with Crippen LogP contribution < -0.4 is 0 Å². The van der Waals surface area contributed by atoms with E-state index < -0.39 is 0 Å². The molecule has 0 unspecified atom stereocenters. The number of H-pyrrole nitrogens is 1. The molecule has 0 atom stereocenters. The Bertz CT molecular complexity index is 825. The third kappa shape index (κ3) is 2.12. The fourth-order valence-corrected chi connectivity index (χ4v) is 2.56. The van der Waals surface area contributed by atoms with E-state index in [0.29, 0.717) is 16.3 Å². The molecular formula is C14H15N5S. The SMILES string of the molecule is CC(C)(C)n1c(-c2cnc3ccccc3n2)n[nH]c1=S. The normalized spacial score (nSPS) is 11.9. The van der Waals surface area contributed by atoms with Gasteiger partial charge in [0.05, 0.1) is 17.2 Å². The average molecular weight is 285 g/mol. The van der Waals surface area contributed by atoms with E-state index in [1.165, 1.54) is 0 Å². The van der Waals surface area contributed by atoms with Crippen LogP contribution in [0.15, 0.2) is 30.5 Å². The maximum Gasteiger partial charge on any atom is 0.195 e.